The van der Waals surface area contributed by atoms with Crippen LogP contribution < -0.4 is 5.32 Å². The van der Waals surface area contributed by atoms with E-state index in [1.807, 2.05) is 6.08 Å². The number of hydrogen-bond donors (Lipinski definition) is 9. The molecule has 458 valence electrons. The van der Waals surface area contributed by atoms with Crippen LogP contribution >= 0.6 is 0 Å². The molecule has 12 unspecified atom stereocenters. The van der Waals surface area contributed by atoms with E-state index in [-0.39, 0.29) is 18.9 Å². The van der Waals surface area contributed by atoms with Crippen molar-refractivity contribution in [3.05, 3.63) is 36.5 Å². The minimum Gasteiger partial charge on any atom is -0.394 e. The van der Waals surface area contributed by atoms with Crippen molar-refractivity contribution >= 4 is 5.91 Å². The van der Waals surface area contributed by atoms with Gasteiger partial charge in [0.2, 0.25) is 5.91 Å². The number of allylic oxidation sites excluding steroid dienone is 5. The molecule has 2 heterocycles. The van der Waals surface area contributed by atoms with E-state index < -0.39 is 86.8 Å². The predicted octanol–water partition coefficient (Wildman–Crippen LogP) is 11.8. The topological polar surface area (TPSA) is 228 Å². The molecule has 1 amide bonds. The summed E-state index contributed by atoms with van der Waals surface area (Å²) in [7, 11) is 0. The summed E-state index contributed by atoms with van der Waals surface area (Å²) in [5.41, 5.74) is 0. The molecule has 0 aliphatic carbocycles. The molecule has 0 aromatic carbocycles. The van der Waals surface area contributed by atoms with Crippen LogP contribution in [0.1, 0.15) is 271 Å². The Morgan fingerprint density at radius 2 is 0.821 bits per heavy atom. The molecule has 14 heteroatoms. The Kier molecular flexibility index (Phi) is 46.2. The Hall–Kier alpha value is -1.79. The molecule has 2 aliphatic rings. The van der Waals surface area contributed by atoms with Crippen molar-refractivity contribution < 1.29 is 64.6 Å². The summed E-state index contributed by atoms with van der Waals surface area (Å²) in [6, 6.07) is -0.936. The van der Waals surface area contributed by atoms with Crippen molar-refractivity contribution in [2.24, 2.45) is 0 Å². The molecule has 2 saturated heterocycles. The number of carbonyl (C=O) groups is 1. The first-order valence-electron chi connectivity index (χ1n) is 32.2. The maximum atomic E-state index is 13.3. The zero-order chi connectivity index (χ0) is 56.7. The molecule has 14 nitrogen and oxygen atoms in total. The summed E-state index contributed by atoms with van der Waals surface area (Å²) in [4.78, 5) is 13.3. The molecule has 0 saturated carbocycles. The summed E-state index contributed by atoms with van der Waals surface area (Å²) in [5, 5.41) is 87.2. The Morgan fingerprint density at radius 1 is 0.449 bits per heavy atom. The van der Waals surface area contributed by atoms with E-state index in [1.165, 1.54) is 193 Å². The number of carbonyl (C=O) groups excluding carboxylic acids is 1. The maximum absolute atomic E-state index is 13.3. The molecular formula is C64H119NO13. The van der Waals surface area contributed by atoms with Crippen LogP contribution in [0.15, 0.2) is 36.5 Å². The number of aliphatic hydroxyl groups is 8. The molecule has 2 aliphatic heterocycles. The first kappa shape index (κ1) is 72.3. The van der Waals surface area contributed by atoms with Crippen LogP contribution in [0.5, 0.6) is 0 Å². The number of nitrogens with one attached hydrogen (secondary N) is 1. The van der Waals surface area contributed by atoms with Crippen LogP contribution in [-0.4, -0.2) is 140 Å². The fraction of sp³-hybridized carbons (Fsp3) is 0.891. The van der Waals surface area contributed by atoms with E-state index in [4.69, 9.17) is 18.9 Å². The third-order valence-corrected chi connectivity index (χ3v) is 15.8. The van der Waals surface area contributed by atoms with E-state index in [0.717, 1.165) is 44.9 Å². The van der Waals surface area contributed by atoms with Gasteiger partial charge in [0.05, 0.1) is 32.0 Å². The molecule has 78 heavy (non-hydrogen) atoms. The number of amides is 1. The third kappa shape index (κ3) is 34.6. The Balaban J connectivity index is 1.75. The Labute approximate surface area is 474 Å². The Morgan fingerprint density at radius 3 is 1.26 bits per heavy atom. The number of aliphatic hydroxyl groups excluding tert-OH is 8. The average molecular weight is 1110 g/mol. The highest BCUT2D eigenvalue weighted by Crippen LogP contribution is 2.30. The van der Waals surface area contributed by atoms with E-state index >= 15 is 0 Å². The molecule has 0 aromatic rings. The van der Waals surface area contributed by atoms with E-state index in [9.17, 15) is 45.6 Å². The molecule has 0 spiro atoms. The molecule has 2 fully saturated rings. The highest BCUT2D eigenvalue weighted by atomic mass is 16.7. The van der Waals surface area contributed by atoms with Gasteiger partial charge in [0.25, 0.3) is 0 Å². The lowest BCUT2D eigenvalue weighted by Gasteiger charge is -2.46. The second kappa shape index (κ2) is 49.8. The minimum atomic E-state index is -1.79. The van der Waals surface area contributed by atoms with Gasteiger partial charge >= 0.3 is 0 Å². The van der Waals surface area contributed by atoms with Gasteiger partial charge in [-0.3, -0.25) is 4.79 Å². The second-order valence-corrected chi connectivity index (χ2v) is 22.9. The molecule has 2 rings (SSSR count). The summed E-state index contributed by atoms with van der Waals surface area (Å²) in [6.45, 7) is 2.81. The predicted molar refractivity (Wildman–Crippen MR) is 314 cm³/mol. The van der Waals surface area contributed by atoms with Crippen LogP contribution in [0.4, 0.5) is 0 Å². The zero-order valence-electron chi connectivity index (χ0n) is 49.4. The highest BCUT2D eigenvalue weighted by Gasteiger charge is 2.51. The standard InChI is InChI=1S/C64H119NO13/c1-3-5-7-9-11-13-15-17-19-21-23-24-25-26-27-28-29-30-31-33-35-37-39-41-43-45-47-53(68)52(65-56(69)48-46-44-42-40-38-36-34-32-22-20-18-16-14-12-10-8-6-4-2)51-75-63-61(74)59(72)62(55(50-67)77-63)78-64-60(73)58(71)57(70)54(49-66)76-64/h30-31,37,39,45,47,52-55,57-64,66-68,70-74H,3-29,32-36,38,40-44,46,48-51H2,1-2H3,(H,65,69)/b31-30+,39-37+,47-45+. The highest BCUT2D eigenvalue weighted by molar-refractivity contribution is 5.76. The maximum Gasteiger partial charge on any atom is 0.220 e. The largest absolute Gasteiger partial charge is 0.394 e. The van der Waals surface area contributed by atoms with Gasteiger partial charge in [-0.15, -0.1) is 0 Å². The molecule has 0 bridgehead atoms. The Bertz CT molecular complexity index is 1450. The third-order valence-electron chi connectivity index (χ3n) is 15.8. The van der Waals surface area contributed by atoms with Crippen LogP contribution in [0.25, 0.3) is 0 Å². The van der Waals surface area contributed by atoms with Gasteiger partial charge in [0.1, 0.15) is 48.8 Å². The van der Waals surface area contributed by atoms with Crippen molar-refractivity contribution in [1.82, 2.24) is 5.32 Å². The normalized spacial score (nSPS) is 24.7. The van der Waals surface area contributed by atoms with Crippen molar-refractivity contribution in [2.45, 2.75) is 344 Å². The number of ether oxygens (including phenoxy) is 4. The van der Waals surface area contributed by atoms with Gasteiger partial charge in [-0.05, 0) is 44.9 Å². The lowest BCUT2D eigenvalue weighted by atomic mass is 9.97. The van der Waals surface area contributed by atoms with Crippen LogP contribution in [0.3, 0.4) is 0 Å². The average Bonchev–Trinajstić information content (AvgIpc) is 3.44. The van der Waals surface area contributed by atoms with Gasteiger partial charge < -0.3 is 65.1 Å². The molecule has 9 N–H and O–H groups in total. The fourth-order valence-corrected chi connectivity index (χ4v) is 10.6. The quantitative estimate of drug-likeness (QED) is 0.0204. The van der Waals surface area contributed by atoms with Crippen LogP contribution in [-0.2, 0) is 23.7 Å². The number of hydrogen-bond acceptors (Lipinski definition) is 13. The summed E-state index contributed by atoms with van der Waals surface area (Å²) in [5.74, 6) is -0.249. The van der Waals surface area contributed by atoms with Gasteiger partial charge in [-0.1, -0.05) is 256 Å². The van der Waals surface area contributed by atoms with Crippen LogP contribution in [0, 0.1) is 0 Å². The van der Waals surface area contributed by atoms with Crippen molar-refractivity contribution in [2.75, 3.05) is 19.8 Å². The molecule has 0 radical (unpaired) electrons. The van der Waals surface area contributed by atoms with Crippen molar-refractivity contribution in [3.8, 4) is 0 Å². The first-order chi connectivity index (χ1) is 38.1. The van der Waals surface area contributed by atoms with Crippen molar-refractivity contribution in [3.63, 3.8) is 0 Å². The minimum absolute atomic E-state index is 0.249. The second-order valence-electron chi connectivity index (χ2n) is 22.9. The lowest BCUT2D eigenvalue weighted by molar-refractivity contribution is -0.359. The van der Waals surface area contributed by atoms with E-state index in [1.54, 1.807) is 6.08 Å². The molecule has 0 aromatic heterocycles. The fourth-order valence-electron chi connectivity index (χ4n) is 10.6. The summed E-state index contributed by atoms with van der Waals surface area (Å²) in [6.07, 6.45) is 44.8. The molecule has 12 atom stereocenters. The van der Waals surface area contributed by atoms with Crippen molar-refractivity contribution in [1.29, 1.82) is 0 Å². The zero-order valence-corrected chi connectivity index (χ0v) is 49.4. The van der Waals surface area contributed by atoms with Gasteiger partial charge in [-0.25, -0.2) is 0 Å². The van der Waals surface area contributed by atoms with Gasteiger partial charge in [-0.2, -0.15) is 0 Å². The lowest BCUT2D eigenvalue weighted by Crippen LogP contribution is -2.65. The number of unbranched alkanes of at least 4 members (excludes halogenated alkanes) is 35. The smallest absolute Gasteiger partial charge is 0.220 e. The van der Waals surface area contributed by atoms with E-state index in [2.05, 4.69) is 43.5 Å². The monoisotopic (exact) mass is 1110 g/mol. The summed E-state index contributed by atoms with van der Waals surface area (Å²) >= 11 is 0. The molecular weight excluding hydrogens is 991 g/mol. The van der Waals surface area contributed by atoms with Gasteiger partial charge in [0, 0.05) is 6.42 Å². The van der Waals surface area contributed by atoms with Gasteiger partial charge in [0.15, 0.2) is 12.6 Å². The number of rotatable bonds is 52. The van der Waals surface area contributed by atoms with E-state index in [0.29, 0.717) is 12.8 Å². The van der Waals surface area contributed by atoms with Crippen LogP contribution in [0.2, 0.25) is 0 Å². The first-order valence-corrected chi connectivity index (χ1v) is 32.2. The summed E-state index contributed by atoms with van der Waals surface area (Å²) < 4.78 is 22.8. The SMILES string of the molecule is CCCCCCCCCCCCCCCCCC/C=C/CC/C=C/CC/C=C/C(O)C(COC1OC(CO)C(OC2OC(CO)C(O)C(O)C2O)C(O)C1O)NC(=O)CCCCCCCCCCCCCCCCCCCC.